The maximum Gasteiger partial charge on any atom is 0.313 e. The summed E-state index contributed by atoms with van der Waals surface area (Å²) in [4.78, 5) is 10.7. The van der Waals surface area contributed by atoms with Gasteiger partial charge in [0, 0.05) is 12.0 Å². The molecule has 18 heavy (non-hydrogen) atoms. The van der Waals surface area contributed by atoms with Gasteiger partial charge in [-0.1, -0.05) is 24.6 Å². The second-order valence-corrected chi connectivity index (χ2v) is 6.11. The van der Waals surface area contributed by atoms with Crippen LogP contribution in [0.2, 0.25) is 0 Å². The lowest BCUT2D eigenvalue weighted by Gasteiger charge is -2.09. The Morgan fingerprint density at radius 1 is 1.56 bits per heavy atom. The Bertz CT molecular complexity index is 423. The van der Waals surface area contributed by atoms with E-state index in [1.54, 1.807) is 0 Å². The molecule has 0 bridgehead atoms. The van der Waals surface area contributed by atoms with Gasteiger partial charge in [-0.05, 0) is 32.8 Å². The van der Waals surface area contributed by atoms with Crippen LogP contribution in [0, 0.1) is 0 Å². The quantitative estimate of drug-likeness (QED) is 0.832. The fourth-order valence-electron chi connectivity index (χ4n) is 2.43. The number of hydrogen-bond acceptors (Lipinski definition) is 3. The molecule has 4 nitrogen and oxygen atoms in total. The highest BCUT2D eigenvalue weighted by Gasteiger charge is 2.22. The lowest BCUT2D eigenvalue weighted by atomic mass is 10.1. The predicted octanol–water partition coefficient (Wildman–Crippen LogP) is 3.30. The number of nitrogens with zero attached hydrogens (tertiary/aromatic N) is 2. The van der Waals surface area contributed by atoms with Crippen molar-refractivity contribution in [3.63, 3.8) is 0 Å². The number of thioether (sulfide) groups is 1. The van der Waals surface area contributed by atoms with Crippen molar-refractivity contribution < 1.29 is 9.90 Å². The third kappa shape index (κ3) is 3.07. The molecule has 1 N–H and O–H groups in total. The van der Waals surface area contributed by atoms with Crippen LogP contribution in [-0.4, -0.2) is 26.6 Å². The number of carboxylic acid groups (broad SMARTS) is 1. The maximum atomic E-state index is 10.7. The number of hydrogen-bond donors (Lipinski definition) is 1. The molecule has 0 saturated heterocycles. The van der Waals surface area contributed by atoms with Crippen LogP contribution in [0.5, 0.6) is 0 Å². The average molecular weight is 268 g/mol. The van der Waals surface area contributed by atoms with E-state index in [1.165, 1.54) is 37.4 Å². The molecule has 1 aliphatic rings. The predicted molar refractivity (Wildman–Crippen MR) is 72.2 cm³/mol. The minimum atomic E-state index is -0.779. The molecule has 1 aliphatic carbocycles. The smallest absolute Gasteiger partial charge is 0.313 e. The van der Waals surface area contributed by atoms with Gasteiger partial charge in [-0.25, -0.2) is 0 Å². The molecule has 2 rings (SSSR count). The van der Waals surface area contributed by atoms with E-state index in [0.29, 0.717) is 5.92 Å². The van der Waals surface area contributed by atoms with E-state index in [1.807, 2.05) is 4.68 Å². The summed E-state index contributed by atoms with van der Waals surface area (Å²) < 4.78 is 1.96. The molecule has 1 aromatic rings. The number of aromatic nitrogens is 2. The molecular weight excluding hydrogens is 248 g/mol. The van der Waals surface area contributed by atoms with Crippen LogP contribution in [0.4, 0.5) is 0 Å². The van der Waals surface area contributed by atoms with E-state index >= 15 is 0 Å². The van der Waals surface area contributed by atoms with Crippen LogP contribution < -0.4 is 0 Å². The zero-order chi connectivity index (χ0) is 13.1. The van der Waals surface area contributed by atoms with Gasteiger partial charge in [0.1, 0.15) is 0 Å². The van der Waals surface area contributed by atoms with Crippen molar-refractivity contribution in [1.82, 2.24) is 9.78 Å². The Morgan fingerprint density at radius 2 is 2.22 bits per heavy atom. The monoisotopic (exact) mass is 268 g/mol. The minimum absolute atomic E-state index is 0.0997. The van der Waals surface area contributed by atoms with Crippen LogP contribution in [-0.2, 0) is 4.79 Å². The van der Waals surface area contributed by atoms with Crippen LogP contribution in [0.1, 0.15) is 57.2 Å². The molecule has 1 fully saturated rings. The van der Waals surface area contributed by atoms with Crippen LogP contribution >= 0.6 is 11.8 Å². The lowest BCUT2D eigenvalue weighted by molar-refractivity contribution is -0.133. The summed E-state index contributed by atoms with van der Waals surface area (Å²) in [7, 11) is 0. The number of aliphatic carboxylic acids is 1. The largest absolute Gasteiger partial charge is 0.481 e. The highest BCUT2D eigenvalue weighted by Crippen LogP contribution is 2.35. The summed E-state index contributed by atoms with van der Waals surface area (Å²) in [6, 6.07) is 2.36. The lowest BCUT2D eigenvalue weighted by Crippen LogP contribution is -2.07. The van der Waals surface area contributed by atoms with Gasteiger partial charge >= 0.3 is 5.97 Å². The van der Waals surface area contributed by atoms with Gasteiger partial charge in [0.25, 0.3) is 0 Å². The third-order valence-corrected chi connectivity index (χ3v) is 4.32. The molecule has 0 aromatic carbocycles. The van der Waals surface area contributed by atoms with E-state index in [4.69, 9.17) is 5.11 Å². The molecule has 0 unspecified atom stereocenters. The molecule has 0 spiro atoms. The van der Waals surface area contributed by atoms with Gasteiger partial charge in [0.15, 0.2) is 0 Å². The van der Waals surface area contributed by atoms with Crippen LogP contribution in [0.3, 0.4) is 0 Å². The van der Waals surface area contributed by atoms with Crippen molar-refractivity contribution in [1.29, 1.82) is 0 Å². The van der Waals surface area contributed by atoms with Crippen molar-refractivity contribution >= 4 is 17.7 Å². The second-order valence-electron chi connectivity index (χ2n) is 5.11. The first-order chi connectivity index (χ1) is 8.58. The van der Waals surface area contributed by atoms with Crippen molar-refractivity contribution in [2.45, 2.75) is 56.5 Å². The molecule has 0 amide bonds. The summed E-state index contributed by atoms with van der Waals surface area (Å²) in [6.07, 6.45) is 5.02. The molecule has 1 saturated carbocycles. The van der Waals surface area contributed by atoms with Crippen molar-refractivity contribution in [3.05, 3.63) is 11.8 Å². The van der Waals surface area contributed by atoms with Crippen molar-refractivity contribution in [2.75, 3.05) is 5.75 Å². The summed E-state index contributed by atoms with van der Waals surface area (Å²) in [5.74, 6) is -0.101. The van der Waals surface area contributed by atoms with E-state index in [0.717, 1.165) is 10.7 Å². The summed E-state index contributed by atoms with van der Waals surface area (Å²) in [5, 5.41) is 14.4. The molecule has 0 radical (unpaired) electrons. The van der Waals surface area contributed by atoms with E-state index in [-0.39, 0.29) is 11.8 Å². The van der Waals surface area contributed by atoms with Gasteiger partial charge < -0.3 is 5.11 Å². The summed E-state index contributed by atoms with van der Waals surface area (Å²) in [5.41, 5.74) is 1.15. The normalized spacial score (nSPS) is 16.6. The number of carboxylic acids is 1. The first-order valence-corrected chi connectivity index (χ1v) is 7.50. The van der Waals surface area contributed by atoms with Gasteiger partial charge in [0.05, 0.1) is 16.5 Å². The molecule has 1 aromatic heterocycles. The third-order valence-electron chi connectivity index (χ3n) is 3.33. The first kappa shape index (κ1) is 13.5. The molecule has 0 atom stereocenters. The van der Waals surface area contributed by atoms with Gasteiger partial charge in [0.2, 0.25) is 0 Å². The molecule has 1 heterocycles. The molecule has 0 aliphatic heterocycles. The fourth-order valence-corrected chi connectivity index (χ4v) is 3.29. The molecular formula is C13H20N2O2S. The number of carbonyl (C=O) groups is 1. The Kier molecular flexibility index (Phi) is 4.32. The highest BCUT2D eigenvalue weighted by atomic mass is 32.2. The first-order valence-electron chi connectivity index (χ1n) is 6.52. The fraction of sp³-hybridized carbons (Fsp3) is 0.692. The standard InChI is InChI=1S/C13H20N2O2S/c1-9(2)15-12(18-8-13(16)17)7-11(14-15)10-5-3-4-6-10/h7,9-10H,3-6,8H2,1-2H3,(H,16,17). The average Bonchev–Trinajstić information content (AvgIpc) is 2.94. The highest BCUT2D eigenvalue weighted by molar-refractivity contribution is 7.99. The summed E-state index contributed by atoms with van der Waals surface area (Å²) in [6.45, 7) is 4.16. The van der Waals surface area contributed by atoms with E-state index < -0.39 is 5.97 Å². The zero-order valence-corrected chi connectivity index (χ0v) is 11.7. The Labute approximate surface area is 112 Å². The minimum Gasteiger partial charge on any atom is -0.481 e. The molecule has 100 valence electrons. The maximum absolute atomic E-state index is 10.7. The second kappa shape index (κ2) is 5.78. The zero-order valence-electron chi connectivity index (χ0n) is 10.9. The Morgan fingerprint density at radius 3 is 2.78 bits per heavy atom. The Hall–Kier alpha value is -0.970. The van der Waals surface area contributed by atoms with Crippen LogP contribution in [0.25, 0.3) is 0 Å². The number of rotatable bonds is 5. The SMILES string of the molecule is CC(C)n1nc(C2CCCC2)cc1SCC(=O)O. The van der Waals surface area contributed by atoms with Gasteiger partial charge in [-0.2, -0.15) is 5.10 Å². The summed E-state index contributed by atoms with van der Waals surface area (Å²) >= 11 is 1.36. The van der Waals surface area contributed by atoms with E-state index in [2.05, 4.69) is 25.0 Å². The van der Waals surface area contributed by atoms with Gasteiger partial charge in [-0.3, -0.25) is 9.48 Å². The van der Waals surface area contributed by atoms with Crippen molar-refractivity contribution in [2.24, 2.45) is 0 Å². The molecule has 5 heteroatoms. The topological polar surface area (TPSA) is 55.1 Å². The van der Waals surface area contributed by atoms with E-state index in [9.17, 15) is 4.79 Å². The van der Waals surface area contributed by atoms with Crippen LogP contribution in [0.15, 0.2) is 11.1 Å². The Balaban J connectivity index is 2.17. The van der Waals surface area contributed by atoms with Crippen molar-refractivity contribution in [3.8, 4) is 0 Å². The van der Waals surface area contributed by atoms with Gasteiger partial charge in [-0.15, -0.1) is 0 Å².